The lowest BCUT2D eigenvalue weighted by atomic mass is 10.1. The number of halogens is 4. The minimum absolute atomic E-state index is 0.0581. The first-order valence-corrected chi connectivity index (χ1v) is 6.60. The van der Waals surface area contributed by atoms with Crippen LogP contribution in [0.25, 0.3) is 0 Å². The Bertz CT molecular complexity index is 622. The van der Waals surface area contributed by atoms with Crippen molar-refractivity contribution in [2.45, 2.75) is 19.6 Å². The molecule has 0 saturated carbocycles. The Morgan fingerprint density at radius 3 is 2.62 bits per heavy atom. The number of hydrogen-bond acceptors (Lipinski definition) is 2. The number of hydrogen-bond donors (Lipinski definition) is 1. The zero-order chi connectivity index (χ0) is 15.4. The van der Waals surface area contributed by atoms with E-state index in [0.29, 0.717) is 10.6 Å². The molecule has 0 aliphatic heterocycles. The van der Waals surface area contributed by atoms with Gasteiger partial charge in [-0.3, -0.25) is 0 Å². The zero-order valence-electron chi connectivity index (χ0n) is 11.1. The van der Waals surface area contributed by atoms with Gasteiger partial charge >= 0.3 is 6.61 Å². The van der Waals surface area contributed by atoms with Crippen LogP contribution in [0.15, 0.2) is 42.5 Å². The van der Waals surface area contributed by atoms with Gasteiger partial charge in [-0.25, -0.2) is 4.39 Å². The molecule has 0 bridgehead atoms. The second kappa shape index (κ2) is 6.72. The predicted octanol–water partition coefficient (Wildman–Crippen LogP) is 5.25. The van der Waals surface area contributed by atoms with Gasteiger partial charge in [0.15, 0.2) is 0 Å². The fraction of sp³-hybridized carbons (Fsp3) is 0.200. The highest BCUT2D eigenvalue weighted by molar-refractivity contribution is 6.30. The number of ether oxygens (including phenoxy) is 1. The Balaban J connectivity index is 2.16. The van der Waals surface area contributed by atoms with Crippen LogP contribution < -0.4 is 10.1 Å². The van der Waals surface area contributed by atoms with Gasteiger partial charge in [-0.05, 0) is 42.8 Å². The van der Waals surface area contributed by atoms with Crippen LogP contribution in [-0.2, 0) is 0 Å². The van der Waals surface area contributed by atoms with Crippen LogP contribution in [-0.4, -0.2) is 6.61 Å². The van der Waals surface area contributed by atoms with E-state index in [1.807, 2.05) is 0 Å². The van der Waals surface area contributed by atoms with E-state index in [-0.39, 0.29) is 17.5 Å². The monoisotopic (exact) mass is 315 g/mol. The third-order valence-electron chi connectivity index (χ3n) is 2.88. The summed E-state index contributed by atoms with van der Waals surface area (Å²) in [6, 6.07) is 10.1. The first-order valence-electron chi connectivity index (χ1n) is 6.22. The fourth-order valence-corrected chi connectivity index (χ4v) is 2.06. The third kappa shape index (κ3) is 4.29. The molecule has 2 aromatic rings. The molecule has 0 fully saturated rings. The Kier molecular flexibility index (Phi) is 4.96. The molecule has 0 aliphatic carbocycles. The lowest BCUT2D eigenvalue weighted by Gasteiger charge is -2.17. The summed E-state index contributed by atoms with van der Waals surface area (Å²) in [7, 11) is 0. The Morgan fingerprint density at radius 1 is 1.14 bits per heavy atom. The average molecular weight is 316 g/mol. The molecule has 21 heavy (non-hydrogen) atoms. The van der Waals surface area contributed by atoms with Crippen molar-refractivity contribution >= 4 is 17.3 Å². The molecule has 0 spiro atoms. The second-order valence-electron chi connectivity index (χ2n) is 4.44. The maximum atomic E-state index is 13.7. The van der Waals surface area contributed by atoms with Gasteiger partial charge in [0, 0.05) is 11.1 Å². The van der Waals surface area contributed by atoms with Crippen LogP contribution in [0.5, 0.6) is 5.75 Å². The minimum Gasteiger partial charge on any atom is -0.435 e. The van der Waals surface area contributed by atoms with Gasteiger partial charge in [-0.2, -0.15) is 8.78 Å². The molecule has 2 nitrogen and oxygen atoms in total. The Labute approximate surface area is 125 Å². The first-order chi connectivity index (χ1) is 9.95. The van der Waals surface area contributed by atoms with Gasteiger partial charge in [0.2, 0.25) is 0 Å². The minimum atomic E-state index is -2.88. The van der Waals surface area contributed by atoms with E-state index in [9.17, 15) is 13.2 Å². The van der Waals surface area contributed by atoms with E-state index < -0.39 is 12.4 Å². The van der Waals surface area contributed by atoms with Crippen molar-refractivity contribution in [2.75, 3.05) is 5.32 Å². The smallest absolute Gasteiger partial charge is 0.387 e. The summed E-state index contributed by atoms with van der Waals surface area (Å²) in [6.45, 7) is -1.10. The van der Waals surface area contributed by atoms with E-state index in [0.717, 1.165) is 0 Å². The summed E-state index contributed by atoms with van der Waals surface area (Å²) in [6.07, 6.45) is 0. The molecule has 112 valence electrons. The van der Waals surface area contributed by atoms with Crippen molar-refractivity contribution in [3.8, 4) is 5.75 Å². The molecule has 6 heteroatoms. The molecule has 1 atom stereocenters. The van der Waals surface area contributed by atoms with Gasteiger partial charge < -0.3 is 10.1 Å². The Hall–Kier alpha value is -1.88. The van der Waals surface area contributed by atoms with Gasteiger partial charge in [0.25, 0.3) is 0 Å². The lowest BCUT2D eigenvalue weighted by molar-refractivity contribution is -0.0498. The summed E-state index contributed by atoms with van der Waals surface area (Å²) < 4.78 is 42.4. The van der Waals surface area contributed by atoms with E-state index in [4.69, 9.17) is 11.6 Å². The highest BCUT2D eigenvalue weighted by Gasteiger charge is 2.11. The molecule has 1 unspecified atom stereocenters. The predicted molar refractivity (Wildman–Crippen MR) is 76.5 cm³/mol. The standard InChI is InChI=1S/C15H13ClF3NO/c1-9(20-14-8-11(16)5-6-13(14)17)10-3-2-4-12(7-10)21-15(18)19/h2-9,15,20H,1H3. The van der Waals surface area contributed by atoms with Gasteiger partial charge in [0.1, 0.15) is 11.6 Å². The van der Waals surface area contributed by atoms with Crippen molar-refractivity contribution in [3.63, 3.8) is 0 Å². The topological polar surface area (TPSA) is 21.3 Å². The summed E-state index contributed by atoms with van der Waals surface area (Å²) in [5.41, 5.74) is 0.933. The normalized spacial score (nSPS) is 12.3. The van der Waals surface area contributed by atoms with Crippen molar-refractivity contribution in [1.82, 2.24) is 0 Å². The van der Waals surface area contributed by atoms with E-state index in [1.165, 1.54) is 30.3 Å². The number of anilines is 1. The molecule has 2 rings (SSSR count). The van der Waals surface area contributed by atoms with Crippen molar-refractivity contribution in [2.24, 2.45) is 0 Å². The van der Waals surface area contributed by atoms with Crippen molar-refractivity contribution < 1.29 is 17.9 Å². The molecule has 1 N–H and O–H groups in total. The summed E-state index contributed by atoms with van der Waals surface area (Å²) in [5, 5.41) is 3.35. The van der Waals surface area contributed by atoms with Crippen LogP contribution in [0, 0.1) is 5.82 Å². The maximum absolute atomic E-state index is 13.7. The first kappa shape index (κ1) is 15.5. The molecule has 0 saturated heterocycles. The summed E-state index contributed by atoms with van der Waals surface area (Å²) in [5.74, 6) is -0.381. The molecule has 0 amide bonds. The van der Waals surface area contributed by atoms with Crippen LogP contribution in [0.1, 0.15) is 18.5 Å². The van der Waals surface area contributed by atoms with Gasteiger partial charge in [-0.15, -0.1) is 0 Å². The molecule has 0 radical (unpaired) electrons. The van der Waals surface area contributed by atoms with E-state index >= 15 is 0 Å². The van der Waals surface area contributed by atoms with E-state index in [1.54, 1.807) is 19.1 Å². The maximum Gasteiger partial charge on any atom is 0.387 e. The van der Waals surface area contributed by atoms with Gasteiger partial charge in [-0.1, -0.05) is 23.7 Å². The quantitative estimate of drug-likeness (QED) is 0.813. The molecular weight excluding hydrogens is 303 g/mol. The number of rotatable bonds is 5. The third-order valence-corrected chi connectivity index (χ3v) is 3.12. The summed E-state index contributed by atoms with van der Waals surface area (Å²) in [4.78, 5) is 0. The highest BCUT2D eigenvalue weighted by Crippen LogP contribution is 2.26. The lowest BCUT2D eigenvalue weighted by Crippen LogP contribution is -2.09. The molecular formula is C15H13ClF3NO. The van der Waals surface area contributed by atoms with Crippen molar-refractivity contribution in [1.29, 1.82) is 0 Å². The molecule has 2 aromatic carbocycles. The van der Waals surface area contributed by atoms with Gasteiger partial charge in [0.05, 0.1) is 5.69 Å². The SMILES string of the molecule is CC(Nc1cc(Cl)ccc1F)c1cccc(OC(F)F)c1. The highest BCUT2D eigenvalue weighted by atomic mass is 35.5. The molecule has 0 heterocycles. The van der Waals surface area contributed by atoms with Crippen LogP contribution in [0.2, 0.25) is 5.02 Å². The van der Waals surface area contributed by atoms with E-state index in [2.05, 4.69) is 10.1 Å². The number of alkyl halides is 2. The zero-order valence-corrected chi connectivity index (χ0v) is 11.9. The number of benzene rings is 2. The summed E-state index contributed by atoms with van der Waals surface area (Å²) >= 11 is 5.82. The second-order valence-corrected chi connectivity index (χ2v) is 4.88. The molecule has 0 aromatic heterocycles. The van der Waals surface area contributed by atoms with Crippen molar-refractivity contribution in [3.05, 3.63) is 58.9 Å². The van der Waals surface area contributed by atoms with Crippen LogP contribution >= 0.6 is 11.6 Å². The molecule has 0 aliphatic rings. The van der Waals surface area contributed by atoms with Crippen LogP contribution in [0.4, 0.5) is 18.9 Å². The Morgan fingerprint density at radius 2 is 1.90 bits per heavy atom. The average Bonchev–Trinajstić information content (AvgIpc) is 2.42. The van der Waals surface area contributed by atoms with Crippen LogP contribution in [0.3, 0.4) is 0 Å². The largest absolute Gasteiger partial charge is 0.435 e. The fourth-order valence-electron chi connectivity index (χ4n) is 1.88. The number of nitrogens with one attached hydrogen (secondary N) is 1.